The zero-order chi connectivity index (χ0) is 19.9. The molecule has 2 aromatic rings. The van der Waals surface area contributed by atoms with Crippen LogP contribution in [0.4, 0.5) is 5.69 Å². The number of nitrogens with zero attached hydrogens (tertiary/aromatic N) is 2. The van der Waals surface area contributed by atoms with Crippen LogP contribution in [0.2, 0.25) is 0 Å². The molecule has 0 radical (unpaired) electrons. The molecule has 3 rings (SSSR count). The van der Waals surface area contributed by atoms with Gasteiger partial charge in [0.05, 0.1) is 4.92 Å². The Bertz CT molecular complexity index is 831. The summed E-state index contributed by atoms with van der Waals surface area (Å²) >= 11 is 0. The molecule has 148 valence electrons. The number of para-hydroxylation sites is 1. The van der Waals surface area contributed by atoms with E-state index in [0.717, 1.165) is 12.1 Å². The molecule has 1 aliphatic rings. The van der Waals surface area contributed by atoms with Crippen LogP contribution >= 0.6 is 0 Å². The molecule has 1 N–H and O–H groups in total. The van der Waals surface area contributed by atoms with Crippen molar-refractivity contribution in [1.82, 2.24) is 10.2 Å². The first-order valence-corrected chi connectivity index (χ1v) is 9.85. The lowest BCUT2D eigenvalue weighted by molar-refractivity contribution is -0.385. The molecular weight excluding hydrogens is 354 g/mol. The van der Waals surface area contributed by atoms with Crippen molar-refractivity contribution in [2.75, 3.05) is 7.05 Å². The molecule has 0 saturated heterocycles. The molecule has 0 aromatic heterocycles. The lowest BCUT2D eigenvalue weighted by atomic mass is 9.94. The fourth-order valence-electron chi connectivity index (χ4n) is 3.90. The summed E-state index contributed by atoms with van der Waals surface area (Å²) in [6.07, 6.45) is 6.41. The molecule has 2 aromatic carbocycles. The summed E-state index contributed by atoms with van der Waals surface area (Å²) in [5.74, 6) is -0.428. The Morgan fingerprint density at radius 3 is 2.43 bits per heavy atom. The summed E-state index contributed by atoms with van der Waals surface area (Å²) in [5, 5.41) is 14.0. The summed E-state index contributed by atoms with van der Waals surface area (Å²) in [5.41, 5.74) is 2.13. The van der Waals surface area contributed by atoms with E-state index in [4.69, 9.17) is 0 Å². The van der Waals surface area contributed by atoms with Crippen LogP contribution in [0.1, 0.15) is 53.6 Å². The summed E-state index contributed by atoms with van der Waals surface area (Å²) in [6.45, 7) is 1.18. The number of carbonyl (C=O) groups excluding carboxylic acids is 1. The van der Waals surface area contributed by atoms with Crippen LogP contribution in [0.15, 0.2) is 48.5 Å². The summed E-state index contributed by atoms with van der Waals surface area (Å²) < 4.78 is 0. The molecule has 1 amide bonds. The van der Waals surface area contributed by atoms with Gasteiger partial charge in [-0.05, 0) is 37.1 Å². The van der Waals surface area contributed by atoms with E-state index in [2.05, 4.69) is 23.3 Å². The lowest BCUT2D eigenvalue weighted by Crippen LogP contribution is -2.33. The summed E-state index contributed by atoms with van der Waals surface area (Å²) in [4.78, 5) is 25.5. The van der Waals surface area contributed by atoms with Gasteiger partial charge in [-0.2, -0.15) is 0 Å². The second-order valence-electron chi connectivity index (χ2n) is 7.43. The van der Waals surface area contributed by atoms with Crippen LogP contribution in [0, 0.1) is 10.1 Å². The first-order chi connectivity index (χ1) is 13.6. The van der Waals surface area contributed by atoms with E-state index in [0.29, 0.717) is 12.6 Å². The van der Waals surface area contributed by atoms with Crippen LogP contribution in [0.3, 0.4) is 0 Å². The highest BCUT2D eigenvalue weighted by Crippen LogP contribution is 2.24. The van der Waals surface area contributed by atoms with E-state index in [1.165, 1.54) is 49.8 Å². The van der Waals surface area contributed by atoms with E-state index in [-0.39, 0.29) is 11.3 Å². The maximum atomic E-state index is 12.5. The Morgan fingerprint density at radius 2 is 1.71 bits per heavy atom. The minimum atomic E-state index is -0.526. The van der Waals surface area contributed by atoms with Crippen molar-refractivity contribution < 1.29 is 9.72 Å². The average molecular weight is 381 g/mol. The normalized spacial score (nSPS) is 14.8. The lowest BCUT2D eigenvalue weighted by Gasteiger charge is -2.31. The molecule has 6 nitrogen and oxygen atoms in total. The van der Waals surface area contributed by atoms with Gasteiger partial charge >= 0.3 is 0 Å². The topological polar surface area (TPSA) is 75.5 Å². The number of nitro groups is 1. The molecule has 0 unspecified atom stereocenters. The molecule has 0 bridgehead atoms. The van der Waals surface area contributed by atoms with Gasteiger partial charge in [0.25, 0.3) is 11.6 Å². The molecule has 0 atom stereocenters. The number of amides is 1. The van der Waals surface area contributed by atoms with Crippen LogP contribution < -0.4 is 5.32 Å². The number of benzene rings is 2. The first kappa shape index (κ1) is 20.0. The number of hydrogen-bond donors (Lipinski definition) is 1. The Balaban J connectivity index is 1.67. The van der Waals surface area contributed by atoms with Crippen molar-refractivity contribution in [1.29, 1.82) is 0 Å². The third-order valence-electron chi connectivity index (χ3n) is 5.52. The summed E-state index contributed by atoms with van der Waals surface area (Å²) in [6, 6.07) is 14.7. The van der Waals surface area contributed by atoms with E-state index < -0.39 is 10.8 Å². The largest absolute Gasteiger partial charge is 0.348 e. The Labute approximate surface area is 165 Å². The maximum Gasteiger partial charge on any atom is 0.282 e. The van der Waals surface area contributed by atoms with Gasteiger partial charge in [-0.25, -0.2) is 0 Å². The van der Waals surface area contributed by atoms with E-state index in [1.54, 1.807) is 12.1 Å². The van der Waals surface area contributed by atoms with E-state index in [1.807, 2.05) is 18.2 Å². The Hall–Kier alpha value is -2.73. The van der Waals surface area contributed by atoms with Gasteiger partial charge < -0.3 is 5.32 Å². The molecule has 28 heavy (non-hydrogen) atoms. The molecule has 0 heterocycles. The Kier molecular flexibility index (Phi) is 6.76. The number of hydrogen-bond acceptors (Lipinski definition) is 4. The molecule has 6 heteroatoms. The van der Waals surface area contributed by atoms with Crippen LogP contribution in [-0.4, -0.2) is 28.8 Å². The molecular formula is C22H27N3O3. The smallest absolute Gasteiger partial charge is 0.282 e. The second kappa shape index (κ2) is 9.46. The first-order valence-electron chi connectivity index (χ1n) is 9.85. The minimum absolute atomic E-state index is 0.0873. The fraction of sp³-hybridized carbons (Fsp3) is 0.409. The number of carbonyl (C=O) groups is 1. The highest BCUT2D eigenvalue weighted by Gasteiger charge is 2.20. The number of nitro benzene ring substituents is 1. The van der Waals surface area contributed by atoms with Gasteiger partial charge in [-0.1, -0.05) is 55.7 Å². The van der Waals surface area contributed by atoms with Crippen molar-refractivity contribution in [2.24, 2.45) is 0 Å². The SMILES string of the molecule is CN(Cc1ccccc1CNC(=O)c1ccccc1[N+](=O)[O-])C1CCCCC1. The molecule has 1 fully saturated rings. The van der Waals surface area contributed by atoms with Crippen molar-refractivity contribution in [3.8, 4) is 0 Å². The third kappa shape index (κ3) is 4.95. The van der Waals surface area contributed by atoms with Crippen molar-refractivity contribution in [2.45, 2.75) is 51.2 Å². The molecule has 0 spiro atoms. The van der Waals surface area contributed by atoms with Gasteiger partial charge in [-0.3, -0.25) is 19.8 Å². The predicted octanol–water partition coefficient (Wildman–Crippen LogP) is 4.29. The van der Waals surface area contributed by atoms with Gasteiger partial charge in [0.1, 0.15) is 5.56 Å². The standard InChI is InChI=1S/C22H27N3O3/c1-24(19-11-3-2-4-12-19)16-18-10-6-5-9-17(18)15-23-22(26)20-13-7-8-14-21(20)25(27)28/h5-10,13-14,19H,2-4,11-12,15-16H2,1H3,(H,23,26). The van der Waals surface area contributed by atoms with E-state index >= 15 is 0 Å². The van der Waals surface area contributed by atoms with Gasteiger partial charge in [0.15, 0.2) is 0 Å². The van der Waals surface area contributed by atoms with Gasteiger partial charge in [0.2, 0.25) is 0 Å². The quantitative estimate of drug-likeness (QED) is 0.573. The number of rotatable bonds is 7. The minimum Gasteiger partial charge on any atom is -0.348 e. The Morgan fingerprint density at radius 1 is 1.07 bits per heavy atom. The van der Waals surface area contributed by atoms with Crippen LogP contribution in [-0.2, 0) is 13.1 Å². The number of nitrogens with one attached hydrogen (secondary N) is 1. The monoisotopic (exact) mass is 381 g/mol. The maximum absolute atomic E-state index is 12.5. The summed E-state index contributed by atoms with van der Waals surface area (Å²) in [7, 11) is 2.17. The van der Waals surface area contributed by atoms with E-state index in [9.17, 15) is 14.9 Å². The van der Waals surface area contributed by atoms with Crippen LogP contribution in [0.25, 0.3) is 0 Å². The van der Waals surface area contributed by atoms with Crippen LogP contribution in [0.5, 0.6) is 0 Å². The van der Waals surface area contributed by atoms with Gasteiger partial charge in [-0.15, -0.1) is 0 Å². The van der Waals surface area contributed by atoms with Crippen molar-refractivity contribution in [3.63, 3.8) is 0 Å². The highest BCUT2D eigenvalue weighted by atomic mass is 16.6. The van der Waals surface area contributed by atoms with Crippen molar-refractivity contribution in [3.05, 3.63) is 75.3 Å². The molecule has 0 aliphatic heterocycles. The highest BCUT2D eigenvalue weighted by molar-refractivity contribution is 5.98. The van der Waals surface area contributed by atoms with Gasteiger partial charge in [0, 0.05) is 25.2 Å². The average Bonchev–Trinajstić information content (AvgIpc) is 2.73. The fourth-order valence-corrected chi connectivity index (χ4v) is 3.90. The third-order valence-corrected chi connectivity index (χ3v) is 5.52. The van der Waals surface area contributed by atoms with Crippen molar-refractivity contribution >= 4 is 11.6 Å². The predicted molar refractivity (Wildman–Crippen MR) is 109 cm³/mol. The zero-order valence-corrected chi connectivity index (χ0v) is 16.3. The second-order valence-corrected chi connectivity index (χ2v) is 7.43. The molecule has 1 aliphatic carbocycles. The zero-order valence-electron chi connectivity index (χ0n) is 16.3. The molecule has 1 saturated carbocycles.